The first-order valence-electron chi connectivity index (χ1n) is 8.67. The Labute approximate surface area is 153 Å². The predicted octanol–water partition coefficient (Wildman–Crippen LogP) is 3.31. The van der Waals surface area contributed by atoms with E-state index in [4.69, 9.17) is 9.47 Å². The standard InChI is InChI=1S/C20H26N2O4/c1-12(2)26-20(24)17-14(4)18(22-15(17)5)19(23)21-10-11-25-16-8-6-13(3)7-9-16/h6-9,12,22H,10-11H2,1-5H3,(H,21,23). The van der Waals surface area contributed by atoms with E-state index in [1.165, 1.54) is 0 Å². The molecule has 0 unspecified atom stereocenters. The maximum atomic E-state index is 12.4. The van der Waals surface area contributed by atoms with Gasteiger partial charge in [0, 0.05) is 5.69 Å². The molecule has 2 N–H and O–H groups in total. The molecule has 2 rings (SSSR count). The molecule has 0 aliphatic heterocycles. The Morgan fingerprint density at radius 3 is 2.38 bits per heavy atom. The second-order valence-corrected chi connectivity index (χ2v) is 6.50. The Kier molecular flexibility index (Phi) is 6.44. The second kappa shape index (κ2) is 8.56. The lowest BCUT2D eigenvalue weighted by Crippen LogP contribution is -2.29. The Hall–Kier alpha value is -2.76. The molecule has 0 bridgehead atoms. The number of nitrogens with one attached hydrogen (secondary N) is 2. The Bertz CT molecular complexity index is 776. The maximum absolute atomic E-state index is 12.4. The maximum Gasteiger partial charge on any atom is 0.340 e. The minimum absolute atomic E-state index is 0.215. The zero-order valence-corrected chi connectivity index (χ0v) is 15.9. The summed E-state index contributed by atoms with van der Waals surface area (Å²) in [5, 5.41) is 2.79. The predicted molar refractivity (Wildman–Crippen MR) is 99.8 cm³/mol. The Morgan fingerprint density at radius 1 is 1.12 bits per heavy atom. The average molecular weight is 358 g/mol. The van der Waals surface area contributed by atoms with Crippen molar-refractivity contribution >= 4 is 11.9 Å². The molecule has 0 radical (unpaired) electrons. The summed E-state index contributed by atoms with van der Waals surface area (Å²) >= 11 is 0. The molecule has 6 nitrogen and oxygen atoms in total. The summed E-state index contributed by atoms with van der Waals surface area (Å²) < 4.78 is 10.8. The van der Waals surface area contributed by atoms with Crippen molar-refractivity contribution in [3.8, 4) is 5.75 Å². The van der Waals surface area contributed by atoms with Crippen LogP contribution < -0.4 is 10.1 Å². The van der Waals surface area contributed by atoms with Gasteiger partial charge in [0.2, 0.25) is 0 Å². The number of benzene rings is 1. The third kappa shape index (κ3) is 4.88. The molecule has 2 aromatic rings. The molecule has 0 fully saturated rings. The van der Waals surface area contributed by atoms with Gasteiger partial charge in [0.05, 0.1) is 18.2 Å². The quantitative estimate of drug-likeness (QED) is 0.588. The summed E-state index contributed by atoms with van der Waals surface area (Å²) in [6.45, 7) is 9.79. The summed E-state index contributed by atoms with van der Waals surface area (Å²) in [6.07, 6.45) is -0.215. The van der Waals surface area contributed by atoms with Gasteiger partial charge in [-0.1, -0.05) is 17.7 Å². The van der Waals surface area contributed by atoms with E-state index < -0.39 is 5.97 Å². The number of esters is 1. The summed E-state index contributed by atoms with van der Waals surface area (Å²) in [7, 11) is 0. The van der Waals surface area contributed by atoms with E-state index in [9.17, 15) is 9.59 Å². The molecule has 140 valence electrons. The summed E-state index contributed by atoms with van der Waals surface area (Å²) in [5.74, 6) is 0.0603. The molecule has 0 aliphatic carbocycles. The number of carbonyl (C=O) groups excluding carboxylic acids is 2. The lowest BCUT2D eigenvalue weighted by Gasteiger charge is -2.09. The molecule has 0 saturated carbocycles. The molecule has 1 heterocycles. The number of rotatable bonds is 7. The van der Waals surface area contributed by atoms with E-state index >= 15 is 0 Å². The van der Waals surface area contributed by atoms with Gasteiger partial charge in [-0.25, -0.2) is 4.79 Å². The van der Waals surface area contributed by atoms with Crippen molar-refractivity contribution < 1.29 is 19.1 Å². The van der Waals surface area contributed by atoms with E-state index in [1.807, 2.05) is 31.2 Å². The van der Waals surface area contributed by atoms with Crippen molar-refractivity contribution in [1.82, 2.24) is 10.3 Å². The third-order valence-corrected chi connectivity index (χ3v) is 3.89. The van der Waals surface area contributed by atoms with Gasteiger partial charge >= 0.3 is 5.97 Å². The Balaban J connectivity index is 1.93. The van der Waals surface area contributed by atoms with E-state index in [-0.39, 0.29) is 12.0 Å². The number of carbonyl (C=O) groups is 2. The SMILES string of the molecule is Cc1ccc(OCCNC(=O)c2[nH]c(C)c(C(=O)OC(C)C)c2C)cc1. The van der Waals surface area contributed by atoms with Crippen LogP contribution in [0.2, 0.25) is 0 Å². The zero-order valence-electron chi connectivity index (χ0n) is 15.9. The third-order valence-electron chi connectivity index (χ3n) is 3.89. The van der Waals surface area contributed by atoms with Crippen LogP contribution >= 0.6 is 0 Å². The highest BCUT2D eigenvalue weighted by molar-refractivity contribution is 6.00. The molecular formula is C20H26N2O4. The number of aromatic nitrogens is 1. The normalized spacial score (nSPS) is 10.7. The van der Waals surface area contributed by atoms with E-state index in [1.54, 1.807) is 27.7 Å². The van der Waals surface area contributed by atoms with Gasteiger partial charge in [-0.15, -0.1) is 0 Å². The van der Waals surface area contributed by atoms with Crippen molar-refractivity contribution in [2.45, 2.75) is 40.7 Å². The highest BCUT2D eigenvalue weighted by atomic mass is 16.5. The molecule has 0 saturated heterocycles. The highest BCUT2D eigenvalue weighted by Gasteiger charge is 2.23. The van der Waals surface area contributed by atoms with E-state index in [0.29, 0.717) is 35.7 Å². The fourth-order valence-electron chi connectivity index (χ4n) is 2.61. The van der Waals surface area contributed by atoms with Gasteiger partial charge < -0.3 is 19.8 Å². The second-order valence-electron chi connectivity index (χ2n) is 6.50. The first kappa shape index (κ1) is 19.6. The average Bonchev–Trinajstić information content (AvgIpc) is 2.87. The lowest BCUT2D eigenvalue weighted by molar-refractivity contribution is 0.0376. The molecule has 1 aromatic carbocycles. The largest absolute Gasteiger partial charge is 0.492 e. The fraction of sp³-hybridized carbons (Fsp3) is 0.400. The zero-order chi connectivity index (χ0) is 19.3. The molecule has 0 aliphatic rings. The molecule has 0 spiro atoms. The van der Waals surface area contributed by atoms with Crippen LogP contribution in [0.3, 0.4) is 0 Å². The van der Waals surface area contributed by atoms with Gasteiger partial charge in [-0.3, -0.25) is 4.79 Å². The van der Waals surface area contributed by atoms with Crippen molar-refractivity contribution in [3.63, 3.8) is 0 Å². The van der Waals surface area contributed by atoms with Crippen molar-refractivity contribution in [2.24, 2.45) is 0 Å². The van der Waals surface area contributed by atoms with Crippen LogP contribution in [0.15, 0.2) is 24.3 Å². The number of H-pyrrole nitrogens is 1. The molecule has 1 aromatic heterocycles. The van der Waals surface area contributed by atoms with Gasteiger partial charge in [0.1, 0.15) is 18.1 Å². The summed E-state index contributed by atoms with van der Waals surface area (Å²) in [5.41, 5.74) is 3.16. The lowest BCUT2D eigenvalue weighted by atomic mass is 10.1. The van der Waals surface area contributed by atoms with Crippen LogP contribution in [0.1, 0.15) is 51.5 Å². The van der Waals surface area contributed by atoms with Crippen molar-refractivity contribution in [1.29, 1.82) is 0 Å². The number of amides is 1. The van der Waals surface area contributed by atoms with Crippen molar-refractivity contribution in [2.75, 3.05) is 13.2 Å². The van der Waals surface area contributed by atoms with Crippen molar-refractivity contribution in [3.05, 3.63) is 52.3 Å². The van der Waals surface area contributed by atoms with Crippen LogP contribution in [0.25, 0.3) is 0 Å². The van der Waals surface area contributed by atoms with Crippen LogP contribution in [-0.4, -0.2) is 36.1 Å². The minimum Gasteiger partial charge on any atom is -0.492 e. The van der Waals surface area contributed by atoms with Gasteiger partial charge in [-0.2, -0.15) is 0 Å². The summed E-state index contributed by atoms with van der Waals surface area (Å²) in [4.78, 5) is 27.5. The Morgan fingerprint density at radius 2 is 1.77 bits per heavy atom. The number of aryl methyl sites for hydroxylation is 2. The molecule has 26 heavy (non-hydrogen) atoms. The molecule has 0 atom stereocenters. The first-order chi connectivity index (χ1) is 12.3. The monoisotopic (exact) mass is 358 g/mol. The fourth-order valence-corrected chi connectivity index (χ4v) is 2.61. The van der Waals surface area contributed by atoms with Crippen LogP contribution in [-0.2, 0) is 4.74 Å². The topological polar surface area (TPSA) is 80.4 Å². The molecular weight excluding hydrogens is 332 g/mol. The first-order valence-corrected chi connectivity index (χ1v) is 8.67. The minimum atomic E-state index is -0.423. The molecule has 6 heteroatoms. The van der Waals surface area contributed by atoms with Gasteiger partial charge in [0.15, 0.2) is 0 Å². The van der Waals surface area contributed by atoms with Gasteiger partial charge in [-0.05, 0) is 52.3 Å². The van der Waals surface area contributed by atoms with E-state index in [2.05, 4.69) is 10.3 Å². The van der Waals surface area contributed by atoms with E-state index in [0.717, 1.165) is 11.3 Å². The summed E-state index contributed by atoms with van der Waals surface area (Å²) in [6, 6.07) is 7.72. The highest BCUT2D eigenvalue weighted by Crippen LogP contribution is 2.19. The van der Waals surface area contributed by atoms with Gasteiger partial charge in [0.25, 0.3) is 5.91 Å². The number of hydrogen-bond donors (Lipinski definition) is 2. The number of aromatic amines is 1. The number of hydrogen-bond acceptors (Lipinski definition) is 4. The van der Waals surface area contributed by atoms with Crippen LogP contribution in [0.4, 0.5) is 0 Å². The molecule has 1 amide bonds. The number of ether oxygens (including phenoxy) is 2. The van der Waals surface area contributed by atoms with Crippen LogP contribution in [0.5, 0.6) is 5.75 Å². The van der Waals surface area contributed by atoms with Crippen LogP contribution in [0, 0.1) is 20.8 Å². The smallest absolute Gasteiger partial charge is 0.340 e.